The van der Waals surface area contributed by atoms with Crippen LogP contribution in [0.4, 0.5) is 0 Å². The summed E-state index contributed by atoms with van der Waals surface area (Å²) < 4.78 is 0. The lowest BCUT2D eigenvalue weighted by Crippen LogP contribution is -2.11. The Bertz CT molecular complexity index is 954. The molecule has 0 amide bonds. The molecule has 1 aliphatic rings. The maximum absolute atomic E-state index is 2.41. The van der Waals surface area contributed by atoms with Crippen molar-refractivity contribution in [3.63, 3.8) is 0 Å². The van der Waals surface area contributed by atoms with E-state index in [-0.39, 0.29) is 0 Å². The van der Waals surface area contributed by atoms with Crippen molar-refractivity contribution in [2.45, 2.75) is 78.1 Å². The van der Waals surface area contributed by atoms with Crippen molar-refractivity contribution in [3.8, 4) is 11.1 Å². The van der Waals surface area contributed by atoms with Gasteiger partial charge in [-0.3, -0.25) is 0 Å². The molecule has 1 saturated carbocycles. The van der Waals surface area contributed by atoms with Crippen LogP contribution in [0.3, 0.4) is 0 Å². The van der Waals surface area contributed by atoms with Gasteiger partial charge in [0.25, 0.3) is 0 Å². The predicted molar refractivity (Wildman–Crippen MR) is 135 cm³/mol. The topological polar surface area (TPSA) is 0 Å². The van der Waals surface area contributed by atoms with Crippen LogP contribution in [0.15, 0.2) is 66.7 Å². The molecule has 31 heavy (non-hydrogen) atoms. The van der Waals surface area contributed by atoms with Crippen molar-refractivity contribution in [1.29, 1.82) is 0 Å². The Hall–Kier alpha value is -2.34. The third-order valence-corrected chi connectivity index (χ3v) is 7.31. The molecule has 162 valence electrons. The maximum Gasteiger partial charge on any atom is -0.0159 e. The molecule has 0 aliphatic heterocycles. The molecule has 3 aromatic rings. The van der Waals surface area contributed by atoms with E-state index in [1.54, 1.807) is 5.56 Å². The van der Waals surface area contributed by atoms with Crippen molar-refractivity contribution < 1.29 is 0 Å². The Morgan fingerprint density at radius 2 is 1.19 bits per heavy atom. The summed E-state index contributed by atoms with van der Waals surface area (Å²) in [7, 11) is 0. The lowest BCUT2D eigenvalue weighted by molar-refractivity contribution is 0.347. The van der Waals surface area contributed by atoms with Crippen molar-refractivity contribution >= 4 is 0 Å². The van der Waals surface area contributed by atoms with Gasteiger partial charge in [-0.1, -0.05) is 92.1 Å². The summed E-state index contributed by atoms with van der Waals surface area (Å²) in [4.78, 5) is 0. The first-order valence-corrected chi connectivity index (χ1v) is 12.3. The predicted octanol–water partition coefficient (Wildman–Crippen LogP) is 8.83. The standard InChI is InChI=1S/C31H38/c1-23-8-12-26(13-9-23)6-4-5-7-27-14-18-28(19-15-27)30-20-21-31(25(3)22-30)29-16-10-24(2)11-17-29/h8-9,12-15,18-22,24,29H,4-7,10-11,16-17H2,1-3H3. The van der Waals surface area contributed by atoms with E-state index in [0.717, 1.165) is 11.8 Å². The van der Waals surface area contributed by atoms with Crippen LogP contribution < -0.4 is 0 Å². The van der Waals surface area contributed by atoms with Gasteiger partial charge in [-0.25, -0.2) is 0 Å². The van der Waals surface area contributed by atoms with Gasteiger partial charge in [0.15, 0.2) is 0 Å². The molecule has 1 fully saturated rings. The fraction of sp³-hybridized carbons (Fsp3) is 0.419. The molecule has 4 rings (SSSR count). The van der Waals surface area contributed by atoms with Gasteiger partial charge in [0, 0.05) is 0 Å². The van der Waals surface area contributed by atoms with E-state index in [1.165, 1.54) is 84.7 Å². The van der Waals surface area contributed by atoms with E-state index < -0.39 is 0 Å². The highest BCUT2D eigenvalue weighted by molar-refractivity contribution is 5.65. The molecule has 1 aliphatic carbocycles. The molecule has 0 heterocycles. The van der Waals surface area contributed by atoms with Gasteiger partial charge in [-0.15, -0.1) is 0 Å². The molecule has 0 heteroatoms. The molecule has 0 N–H and O–H groups in total. The molecule has 3 aromatic carbocycles. The highest BCUT2D eigenvalue weighted by atomic mass is 14.3. The monoisotopic (exact) mass is 410 g/mol. The first-order chi connectivity index (χ1) is 15.1. The van der Waals surface area contributed by atoms with Crippen molar-refractivity contribution in [2.24, 2.45) is 5.92 Å². The van der Waals surface area contributed by atoms with Crippen molar-refractivity contribution in [2.75, 3.05) is 0 Å². The molecule has 0 nitrogen and oxygen atoms in total. The fourth-order valence-corrected chi connectivity index (χ4v) is 5.16. The van der Waals surface area contributed by atoms with Gasteiger partial charge in [0.1, 0.15) is 0 Å². The summed E-state index contributed by atoms with van der Waals surface area (Å²) >= 11 is 0. The third kappa shape index (κ3) is 5.88. The summed E-state index contributed by atoms with van der Waals surface area (Å²) in [6.07, 6.45) is 10.4. The number of unbranched alkanes of at least 4 members (excludes halogenated alkanes) is 1. The Morgan fingerprint density at radius 3 is 1.77 bits per heavy atom. The van der Waals surface area contributed by atoms with Gasteiger partial charge >= 0.3 is 0 Å². The average molecular weight is 411 g/mol. The minimum Gasteiger partial charge on any atom is -0.0625 e. The highest BCUT2D eigenvalue weighted by Gasteiger charge is 2.21. The maximum atomic E-state index is 2.41. The smallest absolute Gasteiger partial charge is 0.0159 e. The van der Waals surface area contributed by atoms with Crippen LogP contribution in [0.5, 0.6) is 0 Å². The van der Waals surface area contributed by atoms with Crippen molar-refractivity contribution in [3.05, 3.63) is 94.5 Å². The number of hydrogen-bond donors (Lipinski definition) is 0. The molecule has 0 spiro atoms. The Balaban J connectivity index is 1.31. The number of hydrogen-bond acceptors (Lipinski definition) is 0. The van der Waals surface area contributed by atoms with Crippen LogP contribution in [0.25, 0.3) is 11.1 Å². The average Bonchev–Trinajstić information content (AvgIpc) is 2.79. The minimum atomic E-state index is 0.771. The molecule has 0 radical (unpaired) electrons. The Morgan fingerprint density at radius 1 is 0.645 bits per heavy atom. The number of benzene rings is 3. The zero-order chi connectivity index (χ0) is 21.6. The summed E-state index contributed by atoms with van der Waals surface area (Å²) in [5.41, 5.74) is 10.0. The molecule has 0 saturated heterocycles. The van der Waals surface area contributed by atoms with E-state index in [1.807, 2.05) is 0 Å². The van der Waals surface area contributed by atoms with Crippen LogP contribution in [0.2, 0.25) is 0 Å². The van der Waals surface area contributed by atoms with E-state index >= 15 is 0 Å². The van der Waals surface area contributed by atoms with Crippen LogP contribution >= 0.6 is 0 Å². The summed E-state index contributed by atoms with van der Waals surface area (Å²) in [6.45, 7) is 6.86. The van der Waals surface area contributed by atoms with Crippen LogP contribution in [0.1, 0.15) is 79.2 Å². The molecular formula is C31H38. The number of aryl methyl sites for hydroxylation is 4. The minimum absolute atomic E-state index is 0.771. The second kappa shape index (κ2) is 10.3. The van der Waals surface area contributed by atoms with E-state index in [4.69, 9.17) is 0 Å². The zero-order valence-electron chi connectivity index (χ0n) is 19.7. The van der Waals surface area contributed by atoms with Gasteiger partial charge < -0.3 is 0 Å². The normalized spacial score (nSPS) is 18.8. The van der Waals surface area contributed by atoms with Crippen molar-refractivity contribution in [1.82, 2.24) is 0 Å². The summed E-state index contributed by atoms with van der Waals surface area (Å²) in [6, 6.07) is 25.4. The van der Waals surface area contributed by atoms with Crippen LogP contribution in [-0.4, -0.2) is 0 Å². The quantitative estimate of drug-likeness (QED) is 0.341. The second-order valence-corrected chi connectivity index (χ2v) is 9.92. The van der Waals surface area contributed by atoms with Gasteiger partial charge in [-0.05, 0) is 97.6 Å². The van der Waals surface area contributed by atoms with Crippen LogP contribution in [-0.2, 0) is 12.8 Å². The first kappa shape index (κ1) is 21.9. The van der Waals surface area contributed by atoms with Gasteiger partial charge in [-0.2, -0.15) is 0 Å². The van der Waals surface area contributed by atoms with Gasteiger partial charge in [0.2, 0.25) is 0 Å². The molecule has 0 aromatic heterocycles. The second-order valence-electron chi connectivity index (χ2n) is 9.92. The molecule has 0 unspecified atom stereocenters. The van der Waals surface area contributed by atoms with E-state index in [9.17, 15) is 0 Å². The Kier molecular flexibility index (Phi) is 7.28. The summed E-state index contributed by atoms with van der Waals surface area (Å²) in [5.74, 6) is 1.68. The fourth-order valence-electron chi connectivity index (χ4n) is 5.16. The zero-order valence-corrected chi connectivity index (χ0v) is 19.7. The van der Waals surface area contributed by atoms with Gasteiger partial charge in [0.05, 0.1) is 0 Å². The van der Waals surface area contributed by atoms with E-state index in [2.05, 4.69) is 87.5 Å². The number of rotatable bonds is 7. The lowest BCUT2D eigenvalue weighted by Gasteiger charge is -2.27. The highest BCUT2D eigenvalue weighted by Crippen LogP contribution is 2.37. The Labute approximate surface area is 189 Å². The molecule has 0 bridgehead atoms. The van der Waals surface area contributed by atoms with Crippen LogP contribution in [0, 0.1) is 19.8 Å². The largest absolute Gasteiger partial charge is 0.0625 e. The molecular weight excluding hydrogens is 372 g/mol. The first-order valence-electron chi connectivity index (χ1n) is 12.3. The summed E-state index contributed by atoms with van der Waals surface area (Å²) in [5, 5.41) is 0. The third-order valence-electron chi connectivity index (χ3n) is 7.31. The van der Waals surface area contributed by atoms with E-state index in [0.29, 0.717) is 0 Å². The SMILES string of the molecule is Cc1ccc(CCCCc2ccc(-c3ccc(C4CCC(C)CC4)c(C)c3)cc2)cc1. The lowest BCUT2D eigenvalue weighted by atomic mass is 9.78. The molecule has 0 atom stereocenters.